The first-order valence-corrected chi connectivity index (χ1v) is 15.2. The van der Waals surface area contributed by atoms with E-state index in [2.05, 4.69) is 145 Å². The number of aryl methyl sites for hydroxylation is 1. The van der Waals surface area contributed by atoms with Gasteiger partial charge in [0.25, 0.3) is 0 Å². The van der Waals surface area contributed by atoms with Crippen molar-refractivity contribution in [2.45, 2.75) is 13.8 Å². The third-order valence-electron chi connectivity index (χ3n) is 9.13. The number of hydrogen-bond donors (Lipinski definition) is 1. The van der Waals surface area contributed by atoms with Crippen molar-refractivity contribution in [3.8, 4) is 33.4 Å². The fourth-order valence-corrected chi connectivity index (χ4v) is 6.75. The van der Waals surface area contributed by atoms with Gasteiger partial charge in [0.15, 0.2) is 0 Å². The molecule has 0 saturated carbocycles. The number of allylic oxidation sites excluding steroid dienone is 2. The second-order valence-electron chi connectivity index (χ2n) is 11.8. The van der Waals surface area contributed by atoms with E-state index < -0.39 is 0 Å². The lowest BCUT2D eigenvalue weighted by Crippen LogP contribution is -2.13. The minimum Gasteiger partial charge on any atom is -0.387 e. The predicted octanol–water partition coefficient (Wildman–Crippen LogP) is 10.7. The molecule has 0 fully saturated rings. The Morgan fingerprint density at radius 3 is 1.73 bits per heavy atom. The van der Waals surface area contributed by atoms with Gasteiger partial charge in [-0.25, -0.2) is 0 Å². The molecule has 0 bridgehead atoms. The van der Waals surface area contributed by atoms with E-state index in [1.165, 1.54) is 88.0 Å². The summed E-state index contributed by atoms with van der Waals surface area (Å²) in [7, 11) is 0. The van der Waals surface area contributed by atoms with Crippen molar-refractivity contribution in [2.75, 3.05) is 6.54 Å². The standard InChI is InChI=1S/C42H32N2/c1-27-17-19-43-25-41(27)33-9-5-7-29(21-33)31-13-15-37-35-11-3-4-12-36(35)38-16-14-32(24-40(38)39(37)23-31)30-8-6-10-34(22-30)42-26-44-20-18-28(42)2/h3-25,44H,26H2,1-2H3. The number of dihydropyridines is 1. The molecular weight excluding hydrogens is 532 g/mol. The van der Waals surface area contributed by atoms with Crippen molar-refractivity contribution in [2.24, 2.45) is 0 Å². The molecule has 7 aromatic rings. The van der Waals surface area contributed by atoms with Gasteiger partial charge in [0.1, 0.15) is 0 Å². The van der Waals surface area contributed by atoms with Crippen LogP contribution in [0.4, 0.5) is 0 Å². The van der Waals surface area contributed by atoms with Gasteiger partial charge in [-0.1, -0.05) is 84.9 Å². The SMILES string of the molecule is CC1=C(c2cccc(-c3ccc4c5ccccc5c5ccc(-c6cccc(-c7cnccc7C)c6)cc5c4c3)c2)CNC=C1. The zero-order valence-electron chi connectivity index (χ0n) is 24.9. The van der Waals surface area contributed by atoms with E-state index in [-0.39, 0.29) is 0 Å². The molecule has 6 aromatic carbocycles. The van der Waals surface area contributed by atoms with Gasteiger partial charge in [-0.3, -0.25) is 4.98 Å². The summed E-state index contributed by atoms with van der Waals surface area (Å²) in [5.74, 6) is 0. The van der Waals surface area contributed by atoms with E-state index >= 15 is 0 Å². The Morgan fingerprint density at radius 1 is 0.523 bits per heavy atom. The Kier molecular flexibility index (Phi) is 6.34. The maximum Gasteiger partial charge on any atom is 0.0403 e. The molecule has 0 spiro atoms. The van der Waals surface area contributed by atoms with Gasteiger partial charge in [0.2, 0.25) is 0 Å². The van der Waals surface area contributed by atoms with Crippen LogP contribution in [0.5, 0.6) is 0 Å². The number of rotatable bonds is 4. The van der Waals surface area contributed by atoms with Gasteiger partial charge >= 0.3 is 0 Å². The average Bonchev–Trinajstić information content (AvgIpc) is 3.08. The Labute approximate surface area is 258 Å². The Morgan fingerprint density at radius 2 is 1.09 bits per heavy atom. The number of nitrogens with zero attached hydrogens (tertiary/aromatic N) is 1. The monoisotopic (exact) mass is 564 g/mol. The van der Waals surface area contributed by atoms with Gasteiger partial charge in [-0.2, -0.15) is 0 Å². The van der Waals surface area contributed by atoms with Crippen LogP contribution in [0.3, 0.4) is 0 Å². The zero-order chi connectivity index (χ0) is 29.6. The third-order valence-corrected chi connectivity index (χ3v) is 9.13. The zero-order valence-corrected chi connectivity index (χ0v) is 24.9. The summed E-state index contributed by atoms with van der Waals surface area (Å²) in [6.07, 6.45) is 8.01. The van der Waals surface area contributed by atoms with Crippen LogP contribution in [0.1, 0.15) is 18.1 Å². The number of nitrogens with one attached hydrogen (secondary N) is 1. The highest BCUT2D eigenvalue weighted by Gasteiger charge is 2.13. The first-order chi connectivity index (χ1) is 21.6. The maximum atomic E-state index is 4.39. The maximum absolute atomic E-state index is 4.39. The summed E-state index contributed by atoms with van der Waals surface area (Å²) in [5, 5.41) is 11.1. The van der Waals surface area contributed by atoms with Crippen molar-refractivity contribution in [3.63, 3.8) is 0 Å². The number of hydrogen-bond acceptors (Lipinski definition) is 2. The first-order valence-electron chi connectivity index (χ1n) is 15.2. The van der Waals surface area contributed by atoms with E-state index in [0.717, 1.165) is 6.54 Å². The van der Waals surface area contributed by atoms with E-state index in [9.17, 15) is 0 Å². The summed E-state index contributed by atoms with van der Waals surface area (Å²) >= 11 is 0. The van der Waals surface area contributed by atoms with Crippen LogP contribution in [-0.4, -0.2) is 11.5 Å². The van der Waals surface area contributed by atoms with Crippen LogP contribution >= 0.6 is 0 Å². The van der Waals surface area contributed by atoms with E-state index in [4.69, 9.17) is 0 Å². The largest absolute Gasteiger partial charge is 0.387 e. The molecule has 1 aliphatic heterocycles. The van der Waals surface area contributed by atoms with Crippen molar-refractivity contribution < 1.29 is 0 Å². The number of fused-ring (bicyclic) bond motifs is 6. The molecule has 8 rings (SSSR count). The molecule has 44 heavy (non-hydrogen) atoms. The highest BCUT2D eigenvalue weighted by molar-refractivity contribution is 6.26. The summed E-state index contributed by atoms with van der Waals surface area (Å²) in [6.45, 7) is 5.19. The molecule has 0 atom stereocenters. The second-order valence-corrected chi connectivity index (χ2v) is 11.8. The van der Waals surface area contributed by atoms with Crippen molar-refractivity contribution in [3.05, 3.63) is 157 Å². The normalized spacial score (nSPS) is 13.1. The fraction of sp³-hybridized carbons (Fsp3) is 0.0714. The molecule has 0 radical (unpaired) electrons. The van der Waals surface area contributed by atoms with Gasteiger partial charge in [0.05, 0.1) is 0 Å². The molecular formula is C42H32N2. The van der Waals surface area contributed by atoms with E-state index in [0.29, 0.717) is 0 Å². The predicted molar refractivity (Wildman–Crippen MR) is 188 cm³/mol. The second kappa shape index (κ2) is 10.7. The summed E-state index contributed by atoms with van der Waals surface area (Å²) in [5.41, 5.74) is 12.4. The minimum atomic E-state index is 0.852. The van der Waals surface area contributed by atoms with Gasteiger partial charge in [-0.05, 0) is 139 Å². The molecule has 1 aromatic heterocycles. The lowest BCUT2D eigenvalue weighted by Gasteiger charge is -2.17. The lowest BCUT2D eigenvalue weighted by atomic mass is 9.89. The van der Waals surface area contributed by atoms with Crippen molar-refractivity contribution in [1.82, 2.24) is 10.3 Å². The van der Waals surface area contributed by atoms with Crippen molar-refractivity contribution >= 4 is 37.9 Å². The van der Waals surface area contributed by atoms with Crippen LogP contribution < -0.4 is 5.32 Å². The van der Waals surface area contributed by atoms with Crippen LogP contribution in [0.15, 0.2) is 146 Å². The van der Waals surface area contributed by atoms with Crippen LogP contribution in [0.25, 0.3) is 71.3 Å². The van der Waals surface area contributed by atoms with E-state index in [1.807, 2.05) is 18.6 Å². The Hall–Kier alpha value is -5.47. The quantitative estimate of drug-likeness (QED) is 0.215. The van der Waals surface area contributed by atoms with Crippen LogP contribution in [-0.2, 0) is 0 Å². The number of aromatic nitrogens is 1. The Bertz CT molecular complexity index is 2300. The molecule has 0 saturated heterocycles. The molecule has 0 aliphatic carbocycles. The van der Waals surface area contributed by atoms with Crippen molar-refractivity contribution in [1.29, 1.82) is 0 Å². The molecule has 0 unspecified atom stereocenters. The fourth-order valence-electron chi connectivity index (χ4n) is 6.75. The molecule has 2 heteroatoms. The smallest absolute Gasteiger partial charge is 0.0403 e. The lowest BCUT2D eigenvalue weighted by molar-refractivity contribution is 0.973. The molecule has 2 heterocycles. The van der Waals surface area contributed by atoms with Gasteiger partial charge < -0.3 is 5.32 Å². The average molecular weight is 565 g/mol. The third kappa shape index (κ3) is 4.47. The highest BCUT2D eigenvalue weighted by atomic mass is 14.8. The summed E-state index contributed by atoms with van der Waals surface area (Å²) in [4.78, 5) is 4.39. The molecule has 0 amide bonds. The van der Waals surface area contributed by atoms with Crippen LogP contribution in [0, 0.1) is 6.92 Å². The first kappa shape index (κ1) is 26.2. The molecule has 2 nitrogen and oxygen atoms in total. The topological polar surface area (TPSA) is 24.9 Å². The highest BCUT2D eigenvalue weighted by Crippen LogP contribution is 2.40. The van der Waals surface area contributed by atoms with Gasteiger partial charge in [0, 0.05) is 24.5 Å². The molecule has 210 valence electrons. The molecule has 1 N–H and O–H groups in total. The number of benzene rings is 6. The summed E-state index contributed by atoms with van der Waals surface area (Å²) in [6, 6.07) is 42.6. The minimum absolute atomic E-state index is 0.852. The van der Waals surface area contributed by atoms with Gasteiger partial charge in [-0.15, -0.1) is 0 Å². The van der Waals surface area contributed by atoms with Crippen LogP contribution in [0.2, 0.25) is 0 Å². The number of pyridine rings is 1. The van der Waals surface area contributed by atoms with E-state index in [1.54, 1.807) is 0 Å². The Balaban J connectivity index is 1.32. The molecule has 1 aliphatic rings. The summed E-state index contributed by atoms with van der Waals surface area (Å²) < 4.78 is 0.